The van der Waals surface area contributed by atoms with Crippen LogP contribution in [0, 0.1) is 6.07 Å². The lowest BCUT2D eigenvalue weighted by Crippen LogP contribution is -1.79. The van der Waals surface area contributed by atoms with E-state index < -0.39 is 0 Å². The highest BCUT2D eigenvalue weighted by Gasteiger charge is 2.24. The maximum atomic E-state index is 3.48. The fraction of sp³-hybridized carbons (Fsp3) is 0.333. The van der Waals surface area contributed by atoms with Crippen LogP contribution in [-0.4, -0.2) is 0 Å². The molecule has 0 unspecified atom stereocenters. The zero-order valence-corrected chi connectivity index (χ0v) is 7.19. The zero-order valence-electron chi connectivity index (χ0n) is 5.60. The highest BCUT2D eigenvalue weighted by molar-refractivity contribution is 9.10. The minimum atomic E-state index is 0.826. The third kappa shape index (κ3) is 1.10. The Morgan fingerprint density at radius 1 is 1.50 bits per heavy atom. The Balaban J connectivity index is 2.39. The van der Waals surface area contributed by atoms with Crippen molar-refractivity contribution in [1.29, 1.82) is 0 Å². The minimum absolute atomic E-state index is 0.826. The molecule has 0 heterocycles. The van der Waals surface area contributed by atoms with Crippen molar-refractivity contribution in [3.63, 3.8) is 0 Å². The Morgan fingerprint density at radius 3 is 2.90 bits per heavy atom. The number of hydrogen-bond donors (Lipinski definition) is 0. The van der Waals surface area contributed by atoms with Crippen LogP contribution in [0.5, 0.6) is 0 Å². The Labute approximate surface area is 69.4 Å². The van der Waals surface area contributed by atoms with E-state index in [1.807, 2.05) is 6.07 Å². The van der Waals surface area contributed by atoms with E-state index in [4.69, 9.17) is 0 Å². The van der Waals surface area contributed by atoms with Crippen molar-refractivity contribution in [2.75, 3.05) is 0 Å². The first-order valence-electron chi connectivity index (χ1n) is 3.54. The monoisotopic (exact) mass is 195 g/mol. The molecule has 1 saturated carbocycles. The molecule has 1 aromatic rings. The van der Waals surface area contributed by atoms with E-state index in [1.165, 1.54) is 18.4 Å². The quantitative estimate of drug-likeness (QED) is 0.647. The summed E-state index contributed by atoms with van der Waals surface area (Å²) in [7, 11) is 0. The highest BCUT2D eigenvalue weighted by Crippen LogP contribution is 2.42. The van der Waals surface area contributed by atoms with Gasteiger partial charge in [0, 0.05) is 4.47 Å². The Morgan fingerprint density at radius 2 is 2.30 bits per heavy atom. The van der Waals surface area contributed by atoms with Gasteiger partial charge < -0.3 is 0 Å². The number of benzene rings is 1. The van der Waals surface area contributed by atoms with Gasteiger partial charge in [0.05, 0.1) is 0 Å². The van der Waals surface area contributed by atoms with Crippen molar-refractivity contribution in [2.45, 2.75) is 18.8 Å². The molecule has 1 aromatic carbocycles. The molecule has 1 heteroatoms. The summed E-state index contributed by atoms with van der Waals surface area (Å²) in [5, 5.41) is 0. The van der Waals surface area contributed by atoms with Gasteiger partial charge in [-0.3, -0.25) is 0 Å². The number of halogens is 1. The van der Waals surface area contributed by atoms with Crippen molar-refractivity contribution in [3.8, 4) is 0 Å². The van der Waals surface area contributed by atoms with Gasteiger partial charge in [0.15, 0.2) is 0 Å². The van der Waals surface area contributed by atoms with Gasteiger partial charge in [-0.05, 0) is 46.3 Å². The summed E-state index contributed by atoms with van der Waals surface area (Å²) in [6, 6.07) is 9.31. The van der Waals surface area contributed by atoms with Crippen LogP contribution in [0.1, 0.15) is 24.3 Å². The van der Waals surface area contributed by atoms with Crippen LogP contribution in [0.3, 0.4) is 0 Å². The van der Waals surface area contributed by atoms with Crippen molar-refractivity contribution in [2.24, 2.45) is 0 Å². The van der Waals surface area contributed by atoms with Gasteiger partial charge in [-0.2, -0.15) is 0 Å². The molecule has 0 saturated heterocycles. The van der Waals surface area contributed by atoms with Crippen LogP contribution in [-0.2, 0) is 0 Å². The van der Waals surface area contributed by atoms with E-state index in [0.29, 0.717) is 0 Å². The summed E-state index contributed by atoms with van der Waals surface area (Å²) < 4.78 is 1.15. The van der Waals surface area contributed by atoms with Crippen molar-refractivity contribution >= 4 is 15.9 Å². The second-order valence-corrected chi connectivity index (χ2v) is 3.51. The van der Waals surface area contributed by atoms with Gasteiger partial charge in [0.25, 0.3) is 0 Å². The molecular formula is C9H8Br. The third-order valence-electron chi connectivity index (χ3n) is 1.85. The molecule has 0 bridgehead atoms. The molecule has 0 aromatic heterocycles. The fourth-order valence-corrected chi connectivity index (χ4v) is 1.73. The molecule has 10 heavy (non-hydrogen) atoms. The summed E-state index contributed by atoms with van der Waals surface area (Å²) in [5.41, 5.74) is 1.43. The molecule has 0 amide bonds. The normalized spacial score (nSPS) is 17.3. The summed E-state index contributed by atoms with van der Waals surface area (Å²) in [4.78, 5) is 0. The lowest BCUT2D eigenvalue weighted by atomic mass is 10.1. The van der Waals surface area contributed by atoms with Crippen LogP contribution in [0.2, 0.25) is 0 Å². The van der Waals surface area contributed by atoms with Crippen LogP contribution in [0.15, 0.2) is 22.7 Å². The fourth-order valence-electron chi connectivity index (χ4n) is 1.14. The van der Waals surface area contributed by atoms with Gasteiger partial charge in [-0.1, -0.05) is 18.2 Å². The molecule has 1 radical (unpaired) electrons. The first-order chi connectivity index (χ1) is 4.88. The van der Waals surface area contributed by atoms with Gasteiger partial charge >= 0.3 is 0 Å². The molecule has 2 rings (SSSR count). The van der Waals surface area contributed by atoms with Crippen molar-refractivity contribution < 1.29 is 0 Å². The van der Waals surface area contributed by atoms with Gasteiger partial charge in [0.2, 0.25) is 0 Å². The first-order valence-corrected chi connectivity index (χ1v) is 4.33. The lowest BCUT2D eigenvalue weighted by molar-refractivity contribution is 1.12. The van der Waals surface area contributed by atoms with Gasteiger partial charge in [-0.25, -0.2) is 0 Å². The standard InChI is InChI=1S/C9H8Br/c10-9-4-2-1-3-8(9)7-5-6-7/h1-3,7H,5-6H2. The van der Waals surface area contributed by atoms with Crippen molar-refractivity contribution in [3.05, 3.63) is 34.3 Å². The van der Waals surface area contributed by atoms with Gasteiger partial charge in [-0.15, -0.1) is 0 Å². The van der Waals surface area contributed by atoms with E-state index in [0.717, 1.165) is 10.4 Å². The van der Waals surface area contributed by atoms with E-state index in [9.17, 15) is 0 Å². The summed E-state index contributed by atoms with van der Waals surface area (Å²) in [5.74, 6) is 0.826. The molecule has 51 valence electrons. The zero-order chi connectivity index (χ0) is 6.97. The molecule has 1 aliphatic rings. The largest absolute Gasteiger partial charge is 0.0613 e. The second kappa shape index (κ2) is 2.39. The number of hydrogen-bond acceptors (Lipinski definition) is 0. The SMILES string of the molecule is Brc1[c]cccc1C1CC1. The smallest absolute Gasteiger partial charge is 0.0288 e. The van der Waals surface area contributed by atoms with E-state index in [2.05, 4.69) is 34.1 Å². The molecule has 0 aliphatic heterocycles. The topological polar surface area (TPSA) is 0 Å². The van der Waals surface area contributed by atoms with Crippen LogP contribution >= 0.6 is 15.9 Å². The highest BCUT2D eigenvalue weighted by atomic mass is 79.9. The summed E-state index contributed by atoms with van der Waals surface area (Å²) >= 11 is 3.48. The molecule has 0 spiro atoms. The summed E-state index contributed by atoms with van der Waals surface area (Å²) in [6.45, 7) is 0. The summed E-state index contributed by atoms with van der Waals surface area (Å²) in [6.07, 6.45) is 2.72. The molecule has 0 N–H and O–H groups in total. The van der Waals surface area contributed by atoms with Crippen LogP contribution in [0.4, 0.5) is 0 Å². The first kappa shape index (κ1) is 6.41. The molecular weight excluding hydrogens is 188 g/mol. The third-order valence-corrected chi connectivity index (χ3v) is 2.54. The maximum Gasteiger partial charge on any atom is 0.0288 e. The average molecular weight is 196 g/mol. The molecule has 1 fully saturated rings. The molecule has 1 aliphatic carbocycles. The molecule has 0 atom stereocenters. The molecule has 0 nitrogen and oxygen atoms in total. The second-order valence-electron chi connectivity index (χ2n) is 2.71. The van der Waals surface area contributed by atoms with E-state index in [1.54, 1.807) is 0 Å². The Hall–Kier alpha value is -0.300. The predicted molar refractivity (Wildman–Crippen MR) is 45.0 cm³/mol. The predicted octanol–water partition coefficient (Wildman–Crippen LogP) is 3.13. The van der Waals surface area contributed by atoms with Crippen LogP contribution in [0.25, 0.3) is 0 Å². The van der Waals surface area contributed by atoms with Crippen LogP contribution < -0.4 is 0 Å². The minimum Gasteiger partial charge on any atom is -0.0613 e. The average Bonchev–Trinajstić information content (AvgIpc) is 2.71. The lowest BCUT2D eigenvalue weighted by Gasteiger charge is -1.98. The Bertz CT molecular complexity index is 238. The van der Waals surface area contributed by atoms with E-state index in [-0.39, 0.29) is 0 Å². The Kier molecular flexibility index (Phi) is 1.53. The van der Waals surface area contributed by atoms with E-state index >= 15 is 0 Å². The van der Waals surface area contributed by atoms with Gasteiger partial charge in [0.1, 0.15) is 0 Å². The maximum absolute atomic E-state index is 3.48. The number of rotatable bonds is 1. The van der Waals surface area contributed by atoms with Crippen molar-refractivity contribution in [1.82, 2.24) is 0 Å².